The molecule has 1 amide bonds. The molecule has 1 aromatic rings. The van der Waals surface area contributed by atoms with Gasteiger partial charge in [0.05, 0.1) is 0 Å². The number of carbonyl (C=O) groups is 1. The van der Waals surface area contributed by atoms with Crippen LogP contribution in [0.1, 0.15) is 27.2 Å². The van der Waals surface area contributed by atoms with E-state index in [0.29, 0.717) is 5.82 Å². The van der Waals surface area contributed by atoms with Gasteiger partial charge in [-0.15, -0.1) is 0 Å². The average Bonchev–Trinajstić information content (AvgIpc) is 2.17. The van der Waals surface area contributed by atoms with Crippen LogP contribution in [-0.4, -0.2) is 15.9 Å². The second-order valence-corrected chi connectivity index (χ2v) is 4.24. The molecule has 15 heavy (non-hydrogen) atoms. The lowest BCUT2D eigenvalue weighted by molar-refractivity contribution is -0.124. The molecule has 5 heteroatoms. The zero-order chi connectivity index (χ0) is 11.5. The van der Waals surface area contributed by atoms with Crippen molar-refractivity contribution in [2.45, 2.75) is 27.2 Å². The highest BCUT2D eigenvalue weighted by Crippen LogP contribution is 2.21. The highest BCUT2D eigenvalue weighted by molar-refractivity contribution is 6.28. The first-order valence-electron chi connectivity index (χ1n) is 4.75. The quantitative estimate of drug-likeness (QED) is 0.808. The zero-order valence-corrected chi connectivity index (χ0v) is 9.80. The molecule has 1 heterocycles. The Morgan fingerprint density at radius 2 is 2.27 bits per heavy atom. The first kappa shape index (κ1) is 11.9. The highest BCUT2D eigenvalue weighted by Gasteiger charge is 2.25. The Kier molecular flexibility index (Phi) is 3.63. The van der Waals surface area contributed by atoms with Gasteiger partial charge in [-0.3, -0.25) is 4.79 Å². The maximum absolute atomic E-state index is 11.8. The molecule has 0 fully saturated rings. The minimum absolute atomic E-state index is 0.0697. The molecule has 1 aromatic heterocycles. The molecule has 0 saturated heterocycles. The van der Waals surface area contributed by atoms with Crippen LogP contribution < -0.4 is 5.32 Å². The van der Waals surface area contributed by atoms with Crippen LogP contribution in [0.15, 0.2) is 12.3 Å². The van der Waals surface area contributed by atoms with Crippen molar-refractivity contribution in [3.8, 4) is 0 Å². The van der Waals surface area contributed by atoms with Gasteiger partial charge in [-0.2, -0.15) is 0 Å². The van der Waals surface area contributed by atoms with Crippen molar-refractivity contribution in [1.29, 1.82) is 0 Å². The van der Waals surface area contributed by atoms with E-state index >= 15 is 0 Å². The number of amides is 1. The fourth-order valence-corrected chi connectivity index (χ4v) is 0.998. The second-order valence-electron chi connectivity index (χ2n) is 3.90. The first-order chi connectivity index (χ1) is 6.95. The molecule has 0 aliphatic rings. The number of aromatic nitrogens is 2. The summed E-state index contributed by atoms with van der Waals surface area (Å²) in [7, 11) is 0. The molecule has 1 N–H and O–H groups in total. The highest BCUT2D eigenvalue weighted by atomic mass is 35.5. The molecule has 4 nitrogen and oxygen atoms in total. The van der Waals surface area contributed by atoms with E-state index in [1.807, 2.05) is 20.8 Å². The Bertz CT molecular complexity index is 365. The molecule has 82 valence electrons. The Morgan fingerprint density at radius 3 is 2.80 bits per heavy atom. The molecule has 0 radical (unpaired) electrons. The third-order valence-electron chi connectivity index (χ3n) is 2.37. The van der Waals surface area contributed by atoms with E-state index in [1.54, 1.807) is 6.07 Å². The maximum Gasteiger partial charge on any atom is 0.231 e. The minimum atomic E-state index is -0.405. The van der Waals surface area contributed by atoms with Gasteiger partial charge in [-0.05, 0) is 24.1 Å². The molecule has 0 saturated carbocycles. The third kappa shape index (κ3) is 3.16. The largest absolute Gasteiger partial charge is 0.310 e. The molecule has 0 unspecified atom stereocenters. The number of anilines is 1. The number of hydrogen-bond donors (Lipinski definition) is 1. The molecule has 1 rings (SSSR count). The van der Waals surface area contributed by atoms with Crippen LogP contribution in [0, 0.1) is 5.41 Å². The fraction of sp³-hybridized carbons (Fsp3) is 0.500. The van der Waals surface area contributed by atoms with Gasteiger partial charge in [-0.25, -0.2) is 9.97 Å². The molecule has 0 aliphatic heterocycles. The van der Waals surface area contributed by atoms with E-state index in [-0.39, 0.29) is 11.2 Å². The van der Waals surface area contributed by atoms with Crippen LogP contribution in [0.2, 0.25) is 5.28 Å². The Morgan fingerprint density at radius 1 is 1.60 bits per heavy atom. The predicted octanol–water partition coefficient (Wildman–Crippen LogP) is 2.50. The van der Waals surface area contributed by atoms with Gasteiger partial charge in [0.25, 0.3) is 0 Å². The average molecular weight is 228 g/mol. The second kappa shape index (κ2) is 4.57. The standard InChI is InChI=1S/C10H14ClN3O/c1-4-10(2,3)8(15)13-7-5-6-12-9(11)14-7/h5-6H,4H2,1-3H3,(H,12,13,14,15). The van der Waals surface area contributed by atoms with Gasteiger partial charge < -0.3 is 5.32 Å². The molecule has 0 aromatic carbocycles. The summed E-state index contributed by atoms with van der Waals surface area (Å²) in [5, 5.41) is 2.83. The smallest absolute Gasteiger partial charge is 0.231 e. The van der Waals surface area contributed by atoms with E-state index in [2.05, 4.69) is 15.3 Å². The van der Waals surface area contributed by atoms with E-state index in [0.717, 1.165) is 6.42 Å². The summed E-state index contributed by atoms with van der Waals surface area (Å²) in [4.78, 5) is 19.4. The van der Waals surface area contributed by atoms with E-state index < -0.39 is 5.41 Å². The van der Waals surface area contributed by atoms with Gasteiger partial charge >= 0.3 is 0 Å². The monoisotopic (exact) mass is 227 g/mol. The van der Waals surface area contributed by atoms with Gasteiger partial charge in [0.15, 0.2) is 0 Å². The summed E-state index contributed by atoms with van der Waals surface area (Å²) < 4.78 is 0. The summed E-state index contributed by atoms with van der Waals surface area (Å²) >= 11 is 5.60. The first-order valence-corrected chi connectivity index (χ1v) is 5.13. The minimum Gasteiger partial charge on any atom is -0.310 e. The van der Waals surface area contributed by atoms with Crippen LogP contribution in [-0.2, 0) is 4.79 Å². The van der Waals surface area contributed by atoms with Gasteiger partial charge in [0, 0.05) is 11.6 Å². The van der Waals surface area contributed by atoms with Gasteiger partial charge in [0.1, 0.15) is 5.82 Å². The van der Waals surface area contributed by atoms with Crippen molar-refractivity contribution >= 4 is 23.3 Å². The van der Waals surface area contributed by atoms with Gasteiger partial charge in [-0.1, -0.05) is 20.8 Å². The van der Waals surface area contributed by atoms with Crippen LogP contribution in [0.3, 0.4) is 0 Å². The maximum atomic E-state index is 11.8. The molecule has 0 bridgehead atoms. The topological polar surface area (TPSA) is 54.9 Å². The number of rotatable bonds is 3. The normalized spacial score (nSPS) is 11.2. The predicted molar refractivity (Wildman–Crippen MR) is 59.7 cm³/mol. The van der Waals surface area contributed by atoms with Crippen molar-refractivity contribution in [3.63, 3.8) is 0 Å². The summed E-state index contributed by atoms with van der Waals surface area (Å²) in [5.74, 6) is 0.362. The van der Waals surface area contributed by atoms with Crippen LogP contribution in [0.4, 0.5) is 5.82 Å². The molecule has 0 aliphatic carbocycles. The summed E-state index contributed by atoms with van der Waals surface area (Å²) in [6, 6.07) is 1.61. The number of carbonyl (C=O) groups excluding carboxylic acids is 1. The third-order valence-corrected chi connectivity index (χ3v) is 2.55. The lowest BCUT2D eigenvalue weighted by Gasteiger charge is -2.20. The summed E-state index contributed by atoms with van der Waals surface area (Å²) in [5.41, 5.74) is -0.405. The Balaban J connectivity index is 2.75. The van der Waals surface area contributed by atoms with Crippen molar-refractivity contribution in [2.24, 2.45) is 5.41 Å². The molecular formula is C10H14ClN3O. The number of nitrogens with one attached hydrogen (secondary N) is 1. The number of nitrogens with zero attached hydrogens (tertiary/aromatic N) is 2. The van der Waals surface area contributed by atoms with E-state index in [1.165, 1.54) is 6.20 Å². The van der Waals surface area contributed by atoms with Crippen LogP contribution >= 0.6 is 11.6 Å². The van der Waals surface area contributed by atoms with Crippen LogP contribution in [0.25, 0.3) is 0 Å². The van der Waals surface area contributed by atoms with Crippen molar-refractivity contribution in [1.82, 2.24) is 9.97 Å². The lowest BCUT2D eigenvalue weighted by Crippen LogP contribution is -2.30. The van der Waals surface area contributed by atoms with Gasteiger partial charge in [0.2, 0.25) is 11.2 Å². The van der Waals surface area contributed by atoms with E-state index in [4.69, 9.17) is 11.6 Å². The molecule has 0 atom stereocenters. The number of hydrogen-bond acceptors (Lipinski definition) is 3. The Labute approximate surface area is 94.1 Å². The molecular weight excluding hydrogens is 214 g/mol. The van der Waals surface area contributed by atoms with E-state index in [9.17, 15) is 4.79 Å². The fourth-order valence-electron chi connectivity index (χ4n) is 0.851. The van der Waals surface area contributed by atoms with Crippen LogP contribution in [0.5, 0.6) is 0 Å². The Hall–Kier alpha value is -1.16. The SMILES string of the molecule is CCC(C)(C)C(=O)Nc1ccnc(Cl)n1. The lowest BCUT2D eigenvalue weighted by atomic mass is 9.89. The summed E-state index contributed by atoms with van der Waals surface area (Å²) in [6.45, 7) is 5.72. The zero-order valence-electron chi connectivity index (χ0n) is 9.04. The van der Waals surface area contributed by atoms with Crippen molar-refractivity contribution < 1.29 is 4.79 Å². The number of halogens is 1. The van der Waals surface area contributed by atoms with Crippen molar-refractivity contribution in [3.05, 3.63) is 17.5 Å². The summed E-state index contributed by atoms with van der Waals surface area (Å²) in [6.07, 6.45) is 2.27. The molecule has 0 spiro atoms. The van der Waals surface area contributed by atoms with Crippen molar-refractivity contribution in [2.75, 3.05) is 5.32 Å².